The minimum atomic E-state index is -3.72. The summed E-state index contributed by atoms with van der Waals surface area (Å²) in [5, 5.41) is 3.73. The number of nitrogens with one attached hydrogen (secondary N) is 1. The van der Waals surface area contributed by atoms with Crippen molar-refractivity contribution in [3.8, 4) is 0 Å². The zero-order valence-electron chi connectivity index (χ0n) is 15.3. The molecule has 0 spiro atoms. The quantitative estimate of drug-likeness (QED) is 0.731. The molecule has 3 aromatic rings. The molecule has 7 heteroatoms. The monoisotopic (exact) mass is 395 g/mol. The number of anilines is 1. The number of nitrogens with zero attached hydrogens (tertiary/aromatic N) is 2. The fourth-order valence-electron chi connectivity index (χ4n) is 3.52. The van der Waals surface area contributed by atoms with Crippen LogP contribution < -0.4 is 5.32 Å². The molecule has 1 aromatic heterocycles. The van der Waals surface area contributed by atoms with Crippen molar-refractivity contribution in [2.75, 3.05) is 18.4 Å². The third-order valence-electron chi connectivity index (χ3n) is 4.95. The Morgan fingerprint density at radius 2 is 1.68 bits per heavy atom. The lowest BCUT2D eigenvalue weighted by atomic mass is 10.1. The van der Waals surface area contributed by atoms with Crippen molar-refractivity contribution in [3.63, 3.8) is 0 Å². The third-order valence-corrected chi connectivity index (χ3v) is 6.90. The van der Waals surface area contributed by atoms with Crippen LogP contribution in [-0.4, -0.2) is 36.7 Å². The normalized spacial score (nSPS) is 15.4. The number of para-hydroxylation sites is 1. The van der Waals surface area contributed by atoms with E-state index in [1.807, 2.05) is 24.3 Å². The number of benzene rings is 2. The minimum Gasteiger partial charge on any atom is -0.320 e. The smallest absolute Gasteiger partial charge is 0.257 e. The molecule has 1 fully saturated rings. The van der Waals surface area contributed by atoms with E-state index in [4.69, 9.17) is 0 Å². The Kier molecular flexibility index (Phi) is 5.11. The highest BCUT2D eigenvalue weighted by atomic mass is 32.2. The molecule has 1 aliphatic rings. The number of rotatable bonds is 4. The highest BCUT2D eigenvalue weighted by Gasteiger charge is 2.29. The third kappa shape index (κ3) is 3.50. The summed E-state index contributed by atoms with van der Waals surface area (Å²) in [6.07, 6.45) is 4.37. The summed E-state index contributed by atoms with van der Waals surface area (Å²) < 4.78 is 27.7. The summed E-state index contributed by atoms with van der Waals surface area (Å²) in [6, 6.07) is 15.6. The largest absolute Gasteiger partial charge is 0.320 e. The van der Waals surface area contributed by atoms with E-state index < -0.39 is 15.9 Å². The van der Waals surface area contributed by atoms with Crippen LogP contribution in [0.15, 0.2) is 65.7 Å². The van der Waals surface area contributed by atoms with Crippen molar-refractivity contribution < 1.29 is 13.2 Å². The molecule has 6 nitrogen and oxygen atoms in total. The summed E-state index contributed by atoms with van der Waals surface area (Å²) in [7, 11) is -3.72. The van der Waals surface area contributed by atoms with Gasteiger partial charge in [-0.2, -0.15) is 4.31 Å². The van der Waals surface area contributed by atoms with Crippen LogP contribution >= 0.6 is 0 Å². The lowest BCUT2D eigenvalue weighted by Gasteiger charge is -2.26. The van der Waals surface area contributed by atoms with Gasteiger partial charge in [0, 0.05) is 24.7 Å². The summed E-state index contributed by atoms with van der Waals surface area (Å²) in [5.74, 6) is -0.464. The Morgan fingerprint density at radius 3 is 2.50 bits per heavy atom. The number of pyridine rings is 1. The molecule has 0 aliphatic carbocycles. The molecule has 4 rings (SSSR count). The summed E-state index contributed by atoms with van der Waals surface area (Å²) in [6.45, 7) is 0.983. The number of piperidine rings is 1. The van der Waals surface area contributed by atoms with Gasteiger partial charge in [-0.15, -0.1) is 0 Å². The molecule has 1 N–H and O–H groups in total. The number of amides is 1. The average molecular weight is 395 g/mol. The molecule has 0 bridgehead atoms. The molecular formula is C21H21N3O3S. The van der Waals surface area contributed by atoms with Gasteiger partial charge in [-0.1, -0.05) is 36.8 Å². The number of hydrogen-bond donors (Lipinski definition) is 1. The van der Waals surface area contributed by atoms with E-state index in [0.29, 0.717) is 24.3 Å². The van der Waals surface area contributed by atoms with Crippen LogP contribution in [0.4, 0.5) is 5.69 Å². The van der Waals surface area contributed by atoms with Crippen LogP contribution in [0.25, 0.3) is 10.9 Å². The first kappa shape index (κ1) is 18.6. The number of aromatic nitrogens is 1. The molecule has 1 amide bonds. The second-order valence-electron chi connectivity index (χ2n) is 6.80. The molecule has 0 saturated carbocycles. The Balaban J connectivity index is 1.69. The molecule has 2 aromatic carbocycles. The maximum atomic E-state index is 13.1. The summed E-state index contributed by atoms with van der Waals surface area (Å²) in [5.41, 5.74) is 1.35. The number of hydrogen-bond acceptors (Lipinski definition) is 4. The zero-order chi connectivity index (χ0) is 19.6. The average Bonchev–Trinajstić information content (AvgIpc) is 2.74. The van der Waals surface area contributed by atoms with E-state index in [2.05, 4.69) is 10.3 Å². The molecule has 2 heterocycles. The number of sulfonamides is 1. The maximum Gasteiger partial charge on any atom is 0.257 e. The van der Waals surface area contributed by atoms with Crippen molar-refractivity contribution >= 4 is 32.5 Å². The van der Waals surface area contributed by atoms with Crippen LogP contribution in [-0.2, 0) is 10.0 Å². The first-order chi connectivity index (χ1) is 13.6. The van der Waals surface area contributed by atoms with Crippen molar-refractivity contribution in [3.05, 3.63) is 66.4 Å². The molecule has 0 radical (unpaired) electrons. The van der Waals surface area contributed by atoms with E-state index in [0.717, 1.165) is 24.6 Å². The van der Waals surface area contributed by atoms with Gasteiger partial charge in [0.2, 0.25) is 10.0 Å². The van der Waals surface area contributed by atoms with E-state index in [-0.39, 0.29) is 10.5 Å². The van der Waals surface area contributed by atoms with Crippen molar-refractivity contribution in [1.82, 2.24) is 9.29 Å². The van der Waals surface area contributed by atoms with Gasteiger partial charge in [0.25, 0.3) is 5.91 Å². The van der Waals surface area contributed by atoms with E-state index in [1.165, 1.54) is 10.4 Å². The Bertz CT molecular complexity index is 1120. The van der Waals surface area contributed by atoms with Gasteiger partial charge in [0.15, 0.2) is 0 Å². The number of fused-ring (bicyclic) bond motifs is 1. The highest BCUT2D eigenvalue weighted by molar-refractivity contribution is 7.89. The summed E-state index contributed by atoms with van der Waals surface area (Å²) in [4.78, 5) is 17.4. The van der Waals surface area contributed by atoms with Crippen molar-refractivity contribution in [2.45, 2.75) is 24.2 Å². The fourth-order valence-corrected chi connectivity index (χ4v) is 5.22. The van der Waals surface area contributed by atoms with Crippen LogP contribution in [0.1, 0.15) is 29.6 Å². The number of carbonyl (C=O) groups excluding carboxylic acids is 1. The molecule has 1 saturated heterocycles. The van der Waals surface area contributed by atoms with Gasteiger partial charge in [-0.25, -0.2) is 8.42 Å². The summed E-state index contributed by atoms with van der Waals surface area (Å²) >= 11 is 0. The Morgan fingerprint density at radius 1 is 0.929 bits per heavy atom. The van der Waals surface area contributed by atoms with E-state index in [1.54, 1.807) is 30.5 Å². The molecule has 0 atom stereocenters. The van der Waals surface area contributed by atoms with Crippen molar-refractivity contribution in [2.24, 2.45) is 0 Å². The van der Waals surface area contributed by atoms with Gasteiger partial charge in [0.1, 0.15) is 0 Å². The molecule has 1 aliphatic heterocycles. The predicted octanol–water partition coefficient (Wildman–Crippen LogP) is 3.66. The van der Waals surface area contributed by atoms with Crippen LogP contribution in [0.2, 0.25) is 0 Å². The van der Waals surface area contributed by atoms with Crippen molar-refractivity contribution in [1.29, 1.82) is 0 Å². The van der Waals surface area contributed by atoms with E-state index in [9.17, 15) is 13.2 Å². The Labute approximate surface area is 164 Å². The molecule has 28 heavy (non-hydrogen) atoms. The van der Waals surface area contributed by atoms with Crippen LogP contribution in [0.5, 0.6) is 0 Å². The van der Waals surface area contributed by atoms with Gasteiger partial charge in [-0.05, 0) is 37.1 Å². The lowest BCUT2D eigenvalue weighted by molar-refractivity contribution is 0.102. The lowest BCUT2D eigenvalue weighted by Crippen LogP contribution is -2.36. The standard InChI is InChI=1S/C21H21N3O3S/c25-21(23-18-11-6-8-16-9-7-13-22-20(16)18)17-10-2-3-12-19(17)28(26,27)24-14-4-1-5-15-24/h2-3,6-13H,1,4-5,14-15H2,(H,23,25). The fraction of sp³-hybridized carbons (Fsp3) is 0.238. The molecule has 0 unspecified atom stereocenters. The highest BCUT2D eigenvalue weighted by Crippen LogP contribution is 2.26. The molecule has 144 valence electrons. The van der Waals surface area contributed by atoms with E-state index >= 15 is 0 Å². The SMILES string of the molecule is O=C(Nc1cccc2cccnc12)c1ccccc1S(=O)(=O)N1CCCCC1. The Hall–Kier alpha value is -2.77. The maximum absolute atomic E-state index is 13.1. The first-order valence-corrected chi connectivity index (χ1v) is 10.8. The topological polar surface area (TPSA) is 79.4 Å². The second kappa shape index (κ2) is 7.69. The first-order valence-electron chi connectivity index (χ1n) is 9.32. The van der Waals surface area contributed by atoms with Gasteiger partial charge in [0.05, 0.1) is 21.7 Å². The second-order valence-corrected chi connectivity index (χ2v) is 8.70. The van der Waals surface area contributed by atoms with Crippen LogP contribution in [0.3, 0.4) is 0 Å². The predicted molar refractivity (Wildman–Crippen MR) is 109 cm³/mol. The number of carbonyl (C=O) groups is 1. The minimum absolute atomic E-state index is 0.0441. The van der Waals surface area contributed by atoms with Crippen LogP contribution in [0, 0.1) is 0 Å². The zero-order valence-corrected chi connectivity index (χ0v) is 16.2. The van der Waals surface area contributed by atoms with Gasteiger partial charge in [-0.3, -0.25) is 9.78 Å². The molecular weight excluding hydrogens is 374 g/mol. The van der Waals surface area contributed by atoms with Gasteiger partial charge < -0.3 is 5.32 Å². The van der Waals surface area contributed by atoms with Gasteiger partial charge >= 0.3 is 0 Å².